The first kappa shape index (κ1) is 21.1. The third kappa shape index (κ3) is 4.75. The molecule has 7 heteroatoms. The molecular weight excluding hydrogens is 368 g/mol. The van der Waals surface area contributed by atoms with E-state index in [2.05, 4.69) is 23.4 Å². The molecule has 0 aliphatic rings. The molecule has 0 spiro atoms. The van der Waals surface area contributed by atoms with Crippen LogP contribution in [0.3, 0.4) is 0 Å². The van der Waals surface area contributed by atoms with Crippen molar-refractivity contribution in [3.05, 3.63) is 40.4 Å². The fourth-order valence-corrected chi connectivity index (χ4v) is 3.58. The lowest BCUT2D eigenvalue weighted by Crippen LogP contribution is -2.13. The highest BCUT2D eigenvalue weighted by Gasteiger charge is 2.23. The van der Waals surface area contributed by atoms with Crippen molar-refractivity contribution in [3.63, 3.8) is 0 Å². The summed E-state index contributed by atoms with van der Waals surface area (Å²) in [5.41, 5.74) is 0.341. The van der Waals surface area contributed by atoms with Crippen LogP contribution in [0.15, 0.2) is 18.5 Å². The van der Waals surface area contributed by atoms with Crippen LogP contribution in [0, 0.1) is 0 Å². The smallest absolute Gasteiger partial charge is 0.341 e. The second-order valence-electron chi connectivity index (χ2n) is 6.53. The highest BCUT2D eigenvalue weighted by molar-refractivity contribution is 6.33. The van der Waals surface area contributed by atoms with Gasteiger partial charge in [-0.3, -0.25) is 0 Å². The predicted molar refractivity (Wildman–Crippen MR) is 105 cm³/mol. The fourth-order valence-electron chi connectivity index (χ4n) is 3.34. The number of phenolic OH excluding ortho intramolecular Hbond substituents is 2. The molecule has 1 atom stereocenters. The van der Waals surface area contributed by atoms with Crippen molar-refractivity contribution >= 4 is 17.6 Å². The number of unbranched alkanes of at least 4 members (excludes halogenated alkanes) is 1. The second-order valence-corrected chi connectivity index (χ2v) is 6.91. The summed E-state index contributed by atoms with van der Waals surface area (Å²) in [5, 5.41) is 20.1. The minimum Gasteiger partial charge on any atom is -0.507 e. The molecule has 1 aromatic heterocycles. The number of aryl methyl sites for hydroxylation is 1. The van der Waals surface area contributed by atoms with Crippen LogP contribution in [0.2, 0.25) is 5.02 Å². The van der Waals surface area contributed by atoms with Crippen molar-refractivity contribution < 1.29 is 19.7 Å². The number of aromatic nitrogens is 2. The van der Waals surface area contributed by atoms with E-state index in [0.717, 1.165) is 37.6 Å². The van der Waals surface area contributed by atoms with Gasteiger partial charge in [0, 0.05) is 30.9 Å². The average molecular weight is 395 g/mol. The topological polar surface area (TPSA) is 84.6 Å². The normalized spacial score (nSPS) is 12.1. The van der Waals surface area contributed by atoms with Gasteiger partial charge in [0.15, 0.2) is 0 Å². The first-order valence-corrected chi connectivity index (χ1v) is 9.65. The molecule has 0 bridgehead atoms. The number of esters is 1. The van der Waals surface area contributed by atoms with E-state index in [-0.39, 0.29) is 22.1 Å². The van der Waals surface area contributed by atoms with Gasteiger partial charge in [-0.05, 0) is 24.8 Å². The molecule has 0 aliphatic heterocycles. The van der Waals surface area contributed by atoms with Gasteiger partial charge >= 0.3 is 5.97 Å². The Morgan fingerprint density at radius 2 is 2.04 bits per heavy atom. The maximum absolute atomic E-state index is 12.1. The molecule has 27 heavy (non-hydrogen) atoms. The van der Waals surface area contributed by atoms with Gasteiger partial charge in [0.2, 0.25) is 0 Å². The molecule has 0 saturated heterocycles. The highest BCUT2D eigenvalue weighted by Crippen LogP contribution is 2.37. The van der Waals surface area contributed by atoms with Gasteiger partial charge in [-0.25, -0.2) is 9.78 Å². The van der Waals surface area contributed by atoms with Crippen LogP contribution in [0.1, 0.15) is 67.3 Å². The number of rotatable bonds is 9. The van der Waals surface area contributed by atoms with E-state index in [1.165, 1.54) is 7.11 Å². The fraction of sp³-hybridized carbons (Fsp3) is 0.500. The lowest BCUT2D eigenvalue weighted by Gasteiger charge is -2.20. The number of hydrogen-bond donors (Lipinski definition) is 2. The zero-order valence-electron chi connectivity index (χ0n) is 16.0. The summed E-state index contributed by atoms with van der Waals surface area (Å²) in [7, 11) is 1.23. The third-order valence-corrected chi connectivity index (χ3v) is 5.24. The van der Waals surface area contributed by atoms with Gasteiger partial charge in [-0.2, -0.15) is 0 Å². The van der Waals surface area contributed by atoms with Gasteiger partial charge in [-0.15, -0.1) is 0 Å². The van der Waals surface area contributed by atoms with Crippen LogP contribution in [0.4, 0.5) is 0 Å². The Balaban J connectivity index is 2.30. The van der Waals surface area contributed by atoms with Crippen molar-refractivity contribution in [1.29, 1.82) is 0 Å². The molecule has 148 valence electrons. The monoisotopic (exact) mass is 394 g/mol. The molecule has 0 radical (unpaired) electrons. The van der Waals surface area contributed by atoms with E-state index in [0.29, 0.717) is 24.4 Å². The maximum Gasteiger partial charge on any atom is 0.341 e. The van der Waals surface area contributed by atoms with Gasteiger partial charge in [0.1, 0.15) is 22.9 Å². The van der Waals surface area contributed by atoms with Crippen LogP contribution < -0.4 is 0 Å². The van der Waals surface area contributed by atoms with Crippen molar-refractivity contribution in [2.45, 2.75) is 58.4 Å². The molecule has 2 N–H and O–H groups in total. The number of benzene rings is 1. The van der Waals surface area contributed by atoms with Crippen molar-refractivity contribution in [1.82, 2.24) is 9.55 Å². The second kappa shape index (κ2) is 9.65. The Labute approximate surface area is 164 Å². The van der Waals surface area contributed by atoms with E-state index in [4.69, 9.17) is 16.3 Å². The largest absolute Gasteiger partial charge is 0.507 e. The van der Waals surface area contributed by atoms with E-state index >= 15 is 0 Å². The Kier molecular flexibility index (Phi) is 7.54. The zero-order chi connectivity index (χ0) is 20.0. The summed E-state index contributed by atoms with van der Waals surface area (Å²) < 4.78 is 6.92. The van der Waals surface area contributed by atoms with E-state index < -0.39 is 5.97 Å². The lowest BCUT2D eigenvalue weighted by molar-refractivity contribution is 0.0596. The molecule has 1 unspecified atom stereocenters. The van der Waals surface area contributed by atoms with Gasteiger partial charge in [-0.1, -0.05) is 38.3 Å². The molecule has 0 saturated carbocycles. The first-order chi connectivity index (χ1) is 12.9. The molecule has 2 aromatic rings. The van der Waals surface area contributed by atoms with Crippen molar-refractivity contribution in [2.24, 2.45) is 0 Å². The van der Waals surface area contributed by atoms with E-state index in [9.17, 15) is 15.0 Å². The molecule has 1 aromatic carbocycles. The SMILES string of the molecule is CCCCC(CC)n1ccnc1CCc1c(Cl)c(O)cc(O)c1C(=O)OC. The number of hydrogen-bond acceptors (Lipinski definition) is 5. The zero-order valence-corrected chi connectivity index (χ0v) is 16.8. The average Bonchev–Trinajstić information content (AvgIpc) is 3.12. The summed E-state index contributed by atoms with van der Waals surface area (Å²) in [6.45, 7) is 4.33. The van der Waals surface area contributed by atoms with Crippen LogP contribution >= 0.6 is 11.6 Å². The summed E-state index contributed by atoms with van der Waals surface area (Å²) in [6.07, 6.45) is 8.97. The number of aromatic hydroxyl groups is 2. The van der Waals surface area contributed by atoms with Gasteiger partial charge in [0.25, 0.3) is 0 Å². The quantitative estimate of drug-likeness (QED) is 0.604. The summed E-state index contributed by atoms with van der Waals surface area (Å²) in [6, 6.07) is 1.42. The summed E-state index contributed by atoms with van der Waals surface area (Å²) in [4.78, 5) is 16.5. The van der Waals surface area contributed by atoms with Crippen LogP contribution in [0.25, 0.3) is 0 Å². The number of nitrogens with zero attached hydrogens (tertiary/aromatic N) is 2. The van der Waals surface area contributed by atoms with Crippen LogP contribution in [-0.4, -0.2) is 32.8 Å². The molecule has 0 fully saturated rings. The standard InChI is InChI=1S/C20H27ClN2O4/c1-4-6-7-13(5-2)23-11-10-22-17(23)9-8-14-18(20(26)27-3)15(24)12-16(25)19(14)21/h10-13,24-25H,4-9H2,1-3H3. The summed E-state index contributed by atoms with van der Waals surface area (Å²) >= 11 is 6.21. The third-order valence-electron chi connectivity index (χ3n) is 4.81. The molecule has 0 aliphatic carbocycles. The molecule has 0 amide bonds. The van der Waals surface area contributed by atoms with Crippen molar-refractivity contribution in [2.75, 3.05) is 7.11 Å². The lowest BCUT2D eigenvalue weighted by atomic mass is 10.0. The van der Waals surface area contributed by atoms with E-state index in [1.54, 1.807) is 6.20 Å². The number of ether oxygens (including phenoxy) is 1. The van der Waals surface area contributed by atoms with Crippen molar-refractivity contribution in [3.8, 4) is 11.5 Å². The number of halogens is 1. The van der Waals surface area contributed by atoms with Gasteiger partial charge in [0.05, 0.1) is 12.1 Å². The number of carbonyl (C=O) groups is 1. The van der Waals surface area contributed by atoms with Crippen LogP contribution in [0.5, 0.6) is 11.5 Å². The Bertz CT molecular complexity index is 789. The van der Waals surface area contributed by atoms with E-state index in [1.807, 2.05) is 6.20 Å². The summed E-state index contributed by atoms with van der Waals surface area (Å²) in [5.74, 6) is -0.430. The first-order valence-electron chi connectivity index (χ1n) is 9.27. The predicted octanol–water partition coefficient (Wildman–Crippen LogP) is 4.66. The Morgan fingerprint density at radius 1 is 1.30 bits per heavy atom. The minimum atomic E-state index is -0.692. The minimum absolute atomic E-state index is 0.0172. The van der Waals surface area contributed by atoms with Crippen LogP contribution in [-0.2, 0) is 17.6 Å². The number of imidazole rings is 1. The number of phenols is 2. The molecule has 1 heterocycles. The number of carbonyl (C=O) groups excluding carboxylic acids is 1. The molecule has 6 nitrogen and oxygen atoms in total. The number of methoxy groups -OCH3 is 1. The maximum atomic E-state index is 12.1. The molecule has 2 rings (SSSR count). The Morgan fingerprint density at radius 3 is 2.67 bits per heavy atom. The van der Waals surface area contributed by atoms with Gasteiger partial charge < -0.3 is 19.5 Å². The molecular formula is C20H27ClN2O4. The highest BCUT2D eigenvalue weighted by atomic mass is 35.5. The Hall–Kier alpha value is -2.21.